The number of aryl methyl sites for hydroxylation is 2. The second-order valence-electron chi connectivity index (χ2n) is 9.93. The van der Waals surface area contributed by atoms with E-state index in [0.29, 0.717) is 48.6 Å². The minimum atomic E-state index is -0.164. The molecule has 0 atom stereocenters. The van der Waals surface area contributed by atoms with Gasteiger partial charge in [-0.25, -0.2) is 9.97 Å². The SMILES string of the molecule is Cc1cccc(-c2sc(C3CC3)nc2C(=O)N(CCNC(=O)c2c(C)nc3sccn23)CC2CC2)c1. The number of thiazole rings is 2. The van der Waals surface area contributed by atoms with Crippen molar-refractivity contribution in [3.05, 3.63) is 63.5 Å². The van der Waals surface area contributed by atoms with Crippen LogP contribution < -0.4 is 5.32 Å². The zero-order valence-corrected chi connectivity index (χ0v) is 22.1. The second-order valence-corrected chi connectivity index (χ2v) is 11.8. The Morgan fingerprint density at radius 2 is 2.00 bits per heavy atom. The lowest BCUT2D eigenvalue weighted by Gasteiger charge is -2.22. The van der Waals surface area contributed by atoms with E-state index in [4.69, 9.17) is 4.98 Å². The first-order valence-electron chi connectivity index (χ1n) is 12.6. The zero-order valence-electron chi connectivity index (χ0n) is 20.5. The summed E-state index contributed by atoms with van der Waals surface area (Å²) in [6.45, 7) is 5.47. The lowest BCUT2D eigenvalue weighted by molar-refractivity contribution is 0.0736. The molecule has 0 unspecified atom stereocenters. The van der Waals surface area contributed by atoms with Gasteiger partial charge in [0.1, 0.15) is 11.4 Å². The number of rotatable bonds is 9. The summed E-state index contributed by atoms with van der Waals surface area (Å²) in [5.41, 5.74) is 4.05. The summed E-state index contributed by atoms with van der Waals surface area (Å²) < 4.78 is 1.82. The lowest BCUT2D eigenvalue weighted by Crippen LogP contribution is -2.40. The maximum absolute atomic E-state index is 13.9. The van der Waals surface area contributed by atoms with Gasteiger partial charge in [-0.15, -0.1) is 22.7 Å². The van der Waals surface area contributed by atoms with Crippen LogP contribution >= 0.6 is 22.7 Å². The molecule has 186 valence electrons. The second kappa shape index (κ2) is 9.44. The number of nitrogens with one attached hydrogen (secondary N) is 1. The van der Waals surface area contributed by atoms with Crippen molar-refractivity contribution in [3.63, 3.8) is 0 Å². The van der Waals surface area contributed by atoms with E-state index >= 15 is 0 Å². The monoisotopic (exact) mass is 519 g/mol. The fourth-order valence-electron chi connectivity index (χ4n) is 4.56. The third-order valence-corrected chi connectivity index (χ3v) is 8.86. The Balaban J connectivity index is 1.22. The van der Waals surface area contributed by atoms with Crippen LogP contribution in [0.3, 0.4) is 0 Å². The summed E-state index contributed by atoms with van der Waals surface area (Å²) in [6, 6.07) is 8.31. The van der Waals surface area contributed by atoms with Crippen LogP contribution in [0.25, 0.3) is 15.4 Å². The highest BCUT2D eigenvalue weighted by Crippen LogP contribution is 2.45. The van der Waals surface area contributed by atoms with Crippen LogP contribution in [0.1, 0.15) is 68.8 Å². The number of carbonyl (C=O) groups is 2. The predicted octanol–water partition coefficient (Wildman–Crippen LogP) is 5.30. The molecule has 1 N–H and O–H groups in total. The van der Waals surface area contributed by atoms with E-state index in [-0.39, 0.29) is 11.8 Å². The Bertz CT molecular complexity index is 1440. The first-order valence-corrected chi connectivity index (χ1v) is 14.2. The number of hydrogen-bond acceptors (Lipinski definition) is 6. The third-order valence-electron chi connectivity index (χ3n) is 6.83. The average Bonchev–Trinajstić information content (AvgIpc) is 3.75. The molecule has 0 aliphatic heterocycles. The highest BCUT2D eigenvalue weighted by atomic mass is 32.1. The molecule has 3 heterocycles. The molecule has 36 heavy (non-hydrogen) atoms. The van der Waals surface area contributed by atoms with Crippen molar-refractivity contribution in [1.29, 1.82) is 0 Å². The van der Waals surface area contributed by atoms with Crippen LogP contribution in [0.5, 0.6) is 0 Å². The maximum atomic E-state index is 13.9. The maximum Gasteiger partial charge on any atom is 0.274 e. The summed E-state index contributed by atoms with van der Waals surface area (Å²) in [6.07, 6.45) is 6.46. The first kappa shape index (κ1) is 23.4. The highest BCUT2D eigenvalue weighted by molar-refractivity contribution is 7.15. The van der Waals surface area contributed by atoms with E-state index < -0.39 is 0 Å². The van der Waals surface area contributed by atoms with Crippen LogP contribution in [0.2, 0.25) is 0 Å². The van der Waals surface area contributed by atoms with Crippen molar-refractivity contribution in [2.75, 3.05) is 19.6 Å². The molecule has 2 aliphatic rings. The van der Waals surface area contributed by atoms with Gasteiger partial charge < -0.3 is 10.2 Å². The Labute approximate surface area is 218 Å². The number of aromatic nitrogens is 3. The predicted molar refractivity (Wildman–Crippen MR) is 143 cm³/mol. The molecule has 2 amide bonds. The van der Waals surface area contributed by atoms with E-state index in [0.717, 1.165) is 46.1 Å². The highest BCUT2D eigenvalue weighted by Gasteiger charge is 2.33. The van der Waals surface area contributed by atoms with Gasteiger partial charge in [-0.05, 0) is 51.0 Å². The van der Waals surface area contributed by atoms with Crippen LogP contribution in [-0.4, -0.2) is 50.7 Å². The fraction of sp³-hybridized carbons (Fsp3) is 0.407. The quantitative estimate of drug-likeness (QED) is 0.326. The van der Waals surface area contributed by atoms with Crippen molar-refractivity contribution >= 4 is 39.4 Å². The van der Waals surface area contributed by atoms with Crippen molar-refractivity contribution in [2.45, 2.75) is 45.4 Å². The Kier molecular flexibility index (Phi) is 6.13. The molecule has 2 saturated carbocycles. The average molecular weight is 520 g/mol. The van der Waals surface area contributed by atoms with Crippen LogP contribution in [-0.2, 0) is 0 Å². The number of benzene rings is 1. The molecule has 2 fully saturated rings. The topological polar surface area (TPSA) is 79.6 Å². The Morgan fingerprint density at radius 1 is 1.17 bits per heavy atom. The molecule has 7 nitrogen and oxygen atoms in total. The summed E-state index contributed by atoms with van der Waals surface area (Å²) in [4.78, 5) is 39.9. The van der Waals surface area contributed by atoms with Crippen molar-refractivity contribution in [3.8, 4) is 10.4 Å². The van der Waals surface area contributed by atoms with Gasteiger partial charge in [0.05, 0.1) is 15.6 Å². The molecule has 2 aliphatic carbocycles. The van der Waals surface area contributed by atoms with Crippen molar-refractivity contribution in [1.82, 2.24) is 24.6 Å². The van der Waals surface area contributed by atoms with Gasteiger partial charge in [-0.1, -0.05) is 29.8 Å². The normalized spacial score (nSPS) is 15.4. The number of hydrogen-bond donors (Lipinski definition) is 1. The van der Waals surface area contributed by atoms with Crippen molar-refractivity contribution in [2.24, 2.45) is 5.92 Å². The molecule has 0 saturated heterocycles. The van der Waals surface area contributed by atoms with Crippen molar-refractivity contribution < 1.29 is 9.59 Å². The van der Waals surface area contributed by atoms with Gasteiger partial charge in [0, 0.05) is 37.1 Å². The van der Waals surface area contributed by atoms with E-state index in [2.05, 4.69) is 35.4 Å². The molecule has 9 heteroatoms. The number of nitrogens with zero attached hydrogens (tertiary/aromatic N) is 4. The van der Waals surface area contributed by atoms with Gasteiger partial charge >= 0.3 is 0 Å². The van der Waals surface area contributed by atoms with Gasteiger partial charge in [-0.2, -0.15) is 0 Å². The molecule has 6 rings (SSSR count). The Morgan fingerprint density at radius 3 is 2.75 bits per heavy atom. The van der Waals surface area contributed by atoms with Crippen LogP contribution in [0.15, 0.2) is 35.8 Å². The molecule has 0 spiro atoms. The van der Waals surface area contributed by atoms with Crippen LogP contribution in [0.4, 0.5) is 0 Å². The lowest BCUT2D eigenvalue weighted by atomic mass is 10.1. The third kappa shape index (κ3) is 4.69. The standard InChI is InChI=1S/C27H29N5O2S2/c1-16-4-3-5-20(14-16)23-21(30-25(36-23)19-8-9-19)26(34)31(15-18-6-7-18)11-10-28-24(33)22-17(2)29-27-32(22)12-13-35-27/h3-5,12-14,18-19H,6-11,15H2,1-2H3,(H,28,33). The number of amides is 2. The summed E-state index contributed by atoms with van der Waals surface area (Å²) in [5, 5.41) is 6.01. The molecule has 3 aromatic heterocycles. The van der Waals surface area contributed by atoms with E-state index in [1.165, 1.54) is 16.9 Å². The molecular formula is C27H29N5O2S2. The fourth-order valence-corrected chi connectivity index (χ4v) is 6.54. The molecule has 4 aromatic rings. The molecule has 1 aromatic carbocycles. The van der Waals surface area contributed by atoms with Gasteiger partial charge in [0.2, 0.25) is 0 Å². The number of fused-ring (bicyclic) bond motifs is 1. The number of imidazole rings is 1. The summed E-state index contributed by atoms with van der Waals surface area (Å²) in [7, 11) is 0. The number of carbonyl (C=O) groups excluding carboxylic acids is 2. The smallest absolute Gasteiger partial charge is 0.274 e. The van der Waals surface area contributed by atoms with Crippen LogP contribution in [0, 0.1) is 19.8 Å². The Hall–Kier alpha value is -3.04. The molecule has 0 bridgehead atoms. The first-order chi connectivity index (χ1) is 17.5. The zero-order chi connectivity index (χ0) is 24.8. The summed E-state index contributed by atoms with van der Waals surface area (Å²) >= 11 is 3.17. The van der Waals surface area contributed by atoms with Gasteiger partial charge in [0.25, 0.3) is 11.8 Å². The minimum absolute atomic E-state index is 0.0310. The van der Waals surface area contributed by atoms with E-state index in [1.807, 2.05) is 33.9 Å². The minimum Gasteiger partial charge on any atom is -0.349 e. The van der Waals surface area contributed by atoms with E-state index in [9.17, 15) is 9.59 Å². The summed E-state index contributed by atoms with van der Waals surface area (Å²) in [5.74, 6) is 0.833. The molecule has 0 radical (unpaired) electrons. The van der Waals surface area contributed by atoms with Gasteiger partial charge in [0.15, 0.2) is 4.96 Å². The van der Waals surface area contributed by atoms with E-state index in [1.54, 1.807) is 11.3 Å². The largest absolute Gasteiger partial charge is 0.349 e. The molecular weight excluding hydrogens is 490 g/mol. The van der Waals surface area contributed by atoms with Gasteiger partial charge in [-0.3, -0.25) is 14.0 Å².